The van der Waals surface area contributed by atoms with Crippen molar-refractivity contribution in [3.05, 3.63) is 53.6 Å². The topological polar surface area (TPSA) is 87.4 Å². The average Bonchev–Trinajstić information content (AvgIpc) is 2.61. The Kier molecular flexibility index (Phi) is 5.69. The molecule has 0 spiro atoms. The molecule has 24 heavy (non-hydrogen) atoms. The standard InChI is InChI=1S/C19H17NO4/c1-2-24-18(22)9-8-17(21)16-11-14(10-15(12-20)19(16)23)13-6-4-3-5-7-13/h3-7,10-11,23H,2,8-9H2,1H3. The Labute approximate surface area is 140 Å². The first-order valence-corrected chi connectivity index (χ1v) is 7.58. The minimum absolute atomic E-state index is 0.0239. The summed E-state index contributed by atoms with van der Waals surface area (Å²) in [6.45, 7) is 1.94. The van der Waals surface area contributed by atoms with Crippen LogP contribution < -0.4 is 0 Å². The first-order chi connectivity index (χ1) is 11.6. The van der Waals surface area contributed by atoms with Gasteiger partial charge in [-0.2, -0.15) is 5.26 Å². The highest BCUT2D eigenvalue weighted by atomic mass is 16.5. The van der Waals surface area contributed by atoms with E-state index >= 15 is 0 Å². The summed E-state index contributed by atoms with van der Waals surface area (Å²) in [5.74, 6) is -1.23. The predicted octanol–water partition coefficient (Wildman–Crippen LogP) is 3.46. The minimum atomic E-state index is -0.468. The lowest BCUT2D eigenvalue weighted by atomic mass is 9.95. The summed E-state index contributed by atoms with van der Waals surface area (Å²) in [5.41, 5.74) is 1.55. The fourth-order valence-electron chi connectivity index (χ4n) is 2.31. The van der Waals surface area contributed by atoms with Crippen LogP contribution in [0.2, 0.25) is 0 Å². The van der Waals surface area contributed by atoms with Crippen molar-refractivity contribution >= 4 is 11.8 Å². The van der Waals surface area contributed by atoms with Gasteiger partial charge < -0.3 is 9.84 Å². The zero-order chi connectivity index (χ0) is 17.5. The molecule has 0 saturated carbocycles. The van der Waals surface area contributed by atoms with Crippen molar-refractivity contribution in [2.45, 2.75) is 19.8 Å². The number of esters is 1. The van der Waals surface area contributed by atoms with Crippen LogP contribution in [0, 0.1) is 11.3 Å². The van der Waals surface area contributed by atoms with E-state index in [0.717, 1.165) is 5.56 Å². The van der Waals surface area contributed by atoms with Gasteiger partial charge in [0.25, 0.3) is 0 Å². The molecule has 0 atom stereocenters. The van der Waals surface area contributed by atoms with Gasteiger partial charge in [0.1, 0.15) is 11.8 Å². The first-order valence-electron chi connectivity index (χ1n) is 7.58. The van der Waals surface area contributed by atoms with Crippen LogP contribution in [0.4, 0.5) is 0 Å². The largest absolute Gasteiger partial charge is 0.506 e. The van der Waals surface area contributed by atoms with Crippen molar-refractivity contribution in [1.29, 1.82) is 5.26 Å². The third-order valence-corrected chi connectivity index (χ3v) is 3.50. The van der Waals surface area contributed by atoms with Gasteiger partial charge in [-0.3, -0.25) is 9.59 Å². The summed E-state index contributed by atoms with van der Waals surface area (Å²) >= 11 is 0. The molecule has 5 heteroatoms. The number of hydrogen-bond donors (Lipinski definition) is 1. The van der Waals surface area contributed by atoms with Gasteiger partial charge in [0.05, 0.1) is 24.2 Å². The molecular weight excluding hydrogens is 306 g/mol. The number of nitriles is 1. The lowest BCUT2D eigenvalue weighted by Crippen LogP contribution is -2.08. The fourth-order valence-corrected chi connectivity index (χ4v) is 2.31. The number of phenolic OH excluding ortho intramolecular Hbond substituents is 1. The molecule has 1 N–H and O–H groups in total. The third-order valence-electron chi connectivity index (χ3n) is 3.50. The lowest BCUT2D eigenvalue weighted by Gasteiger charge is -2.09. The van der Waals surface area contributed by atoms with Crippen LogP contribution in [-0.2, 0) is 9.53 Å². The Morgan fingerprint density at radius 3 is 2.46 bits per heavy atom. The molecule has 122 valence electrons. The zero-order valence-electron chi connectivity index (χ0n) is 13.3. The van der Waals surface area contributed by atoms with Crippen LogP contribution in [0.25, 0.3) is 11.1 Å². The van der Waals surface area contributed by atoms with Crippen molar-refractivity contribution in [2.24, 2.45) is 0 Å². The first kappa shape index (κ1) is 17.2. The number of phenols is 1. The molecule has 0 aliphatic heterocycles. The monoisotopic (exact) mass is 323 g/mol. The number of hydrogen-bond acceptors (Lipinski definition) is 5. The summed E-state index contributed by atoms with van der Waals surface area (Å²) in [4.78, 5) is 23.7. The van der Waals surface area contributed by atoms with Crippen LogP contribution in [0.1, 0.15) is 35.7 Å². The van der Waals surface area contributed by atoms with E-state index in [4.69, 9.17) is 4.74 Å². The van der Waals surface area contributed by atoms with Crippen molar-refractivity contribution < 1.29 is 19.4 Å². The molecule has 0 aliphatic rings. The maximum atomic E-state index is 12.3. The Bertz CT molecular complexity index is 791. The molecule has 0 saturated heterocycles. The van der Waals surface area contributed by atoms with Crippen molar-refractivity contribution in [3.63, 3.8) is 0 Å². The van der Waals surface area contributed by atoms with Gasteiger partial charge in [-0.1, -0.05) is 30.3 Å². The number of ether oxygens (including phenoxy) is 1. The number of benzene rings is 2. The molecule has 0 unspecified atom stereocenters. The predicted molar refractivity (Wildman–Crippen MR) is 88.5 cm³/mol. The second kappa shape index (κ2) is 7.93. The number of ketones is 1. The van der Waals surface area contributed by atoms with E-state index < -0.39 is 11.8 Å². The van der Waals surface area contributed by atoms with Gasteiger partial charge in [-0.15, -0.1) is 0 Å². The summed E-state index contributed by atoms with van der Waals surface area (Å²) in [5, 5.41) is 19.3. The van der Waals surface area contributed by atoms with E-state index in [1.165, 1.54) is 6.07 Å². The Balaban J connectivity index is 2.33. The van der Waals surface area contributed by atoms with Crippen molar-refractivity contribution in [1.82, 2.24) is 0 Å². The van der Waals surface area contributed by atoms with Crippen molar-refractivity contribution in [3.8, 4) is 22.9 Å². The van der Waals surface area contributed by atoms with E-state index in [1.807, 2.05) is 36.4 Å². The Morgan fingerprint density at radius 2 is 1.83 bits per heavy atom. The molecule has 0 aromatic heterocycles. The van der Waals surface area contributed by atoms with E-state index in [0.29, 0.717) is 5.56 Å². The number of rotatable bonds is 6. The molecule has 0 aliphatic carbocycles. The highest BCUT2D eigenvalue weighted by Crippen LogP contribution is 2.30. The molecule has 0 fully saturated rings. The highest BCUT2D eigenvalue weighted by molar-refractivity contribution is 6.01. The number of carbonyl (C=O) groups is 2. The van der Waals surface area contributed by atoms with Crippen LogP contribution >= 0.6 is 0 Å². The molecule has 2 rings (SSSR count). The molecule has 0 bridgehead atoms. The van der Waals surface area contributed by atoms with E-state index in [-0.39, 0.29) is 36.3 Å². The molecule has 5 nitrogen and oxygen atoms in total. The molecule has 0 amide bonds. The van der Waals surface area contributed by atoms with Crippen LogP contribution in [0.3, 0.4) is 0 Å². The van der Waals surface area contributed by atoms with E-state index in [2.05, 4.69) is 0 Å². The van der Waals surface area contributed by atoms with Gasteiger partial charge in [0.2, 0.25) is 0 Å². The molecule has 2 aromatic carbocycles. The van der Waals surface area contributed by atoms with Crippen molar-refractivity contribution in [2.75, 3.05) is 6.61 Å². The fraction of sp³-hybridized carbons (Fsp3) is 0.211. The van der Waals surface area contributed by atoms with Crippen LogP contribution in [0.15, 0.2) is 42.5 Å². The summed E-state index contributed by atoms with van der Waals surface area (Å²) in [6, 6.07) is 14.2. The SMILES string of the molecule is CCOC(=O)CCC(=O)c1cc(-c2ccccc2)cc(C#N)c1O. The molecule has 0 heterocycles. The normalized spacial score (nSPS) is 10.0. The zero-order valence-corrected chi connectivity index (χ0v) is 13.3. The molecule has 0 radical (unpaired) electrons. The quantitative estimate of drug-likeness (QED) is 0.650. The van der Waals surface area contributed by atoms with E-state index in [1.54, 1.807) is 13.0 Å². The van der Waals surface area contributed by atoms with Crippen LogP contribution in [0.5, 0.6) is 5.75 Å². The second-order valence-corrected chi connectivity index (χ2v) is 5.13. The van der Waals surface area contributed by atoms with Gasteiger partial charge in [0, 0.05) is 6.42 Å². The summed E-state index contributed by atoms with van der Waals surface area (Å²) in [7, 11) is 0. The van der Waals surface area contributed by atoms with E-state index in [9.17, 15) is 20.0 Å². The Morgan fingerprint density at radius 1 is 1.12 bits per heavy atom. The number of nitrogens with zero attached hydrogens (tertiary/aromatic N) is 1. The van der Waals surface area contributed by atoms with Crippen LogP contribution in [-0.4, -0.2) is 23.5 Å². The minimum Gasteiger partial charge on any atom is -0.506 e. The third kappa shape index (κ3) is 3.99. The van der Waals surface area contributed by atoms with Gasteiger partial charge >= 0.3 is 5.97 Å². The maximum absolute atomic E-state index is 12.3. The summed E-state index contributed by atoms with van der Waals surface area (Å²) in [6.07, 6.45) is -0.154. The highest BCUT2D eigenvalue weighted by Gasteiger charge is 2.18. The Hall–Kier alpha value is -3.13. The smallest absolute Gasteiger partial charge is 0.306 e. The summed E-state index contributed by atoms with van der Waals surface area (Å²) < 4.78 is 4.79. The number of carbonyl (C=O) groups excluding carboxylic acids is 2. The van der Waals surface area contributed by atoms with Gasteiger partial charge in [0.15, 0.2) is 5.78 Å². The van der Waals surface area contributed by atoms with Gasteiger partial charge in [-0.05, 0) is 30.2 Å². The second-order valence-electron chi connectivity index (χ2n) is 5.13. The number of Topliss-reactive ketones (excluding diaryl/α,β-unsaturated/α-hetero) is 1. The number of aromatic hydroxyl groups is 1. The van der Waals surface area contributed by atoms with Gasteiger partial charge in [-0.25, -0.2) is 0 Å². The molecular formula is C19H17NO4. The molecule has 2 aromatic rings. The average molecular weight is 323 g/mol. The lowest BCUT2D eigenvalue weighted by molar-refractivity contribution is -0.143. The maximum Gasteiger partial charge on any atom is 0.306 e.